The molecule has 1 aliphatic rings. The molecule has 1 fully saturated rings. The van der Waals surface area contributed by atoms with Crippen LogP contribution in [0, 0.1) is 0 Å². The van der Waals surface area contributed by atoms with Gasteiger partial charge in [0, 0.05) is 12.2 Å². The van der Waals surface area contributed by atoms with Crippen LogP contribution in [0.2, 0.25) is 0 Å². The predicted octanol–water partition coefficient (Wildman–Crippen LogP) is 2.99. The second-order valence-corrected chi connectivity index (χ2v) is 5.51. The fourth-order valence-corrected chi connectivity index (χ4v) is 2.69. The minimum Gasteiger partial charge on any atom is -0.478 e. The van der Waals surface area contributed by atoms with Gasteiger partial charge in [-0.1, -0.05) is 30.3 Å². The summed E-state index contributed by atoms with van der Waals surface area (Å²) in [4.78, 5) is 25.2. The maximum atomic E-state index is 12.6. The molecule has 2 aromatic carbocycles. The Kier molecular flexibility index (Phi) is 4.77. The molecule has 0 aliphatic carbocycles. The maximum absolute atomic E-state index is 12.6. The van der Waals surface area contributed by atoms with Crippen molar-refractivity contribution in [1.29, 1.82) is 0 Å². The van der Waals surface area contributed by atoms with Crippen LogP contribution in [0.25, 0.3) is 0 Å². The van der Waals surface area contributed by atoms with E-state index in [2.05, 4.69) is 5.32 Å². The van der Waals surface area contributed by atoms with Crippen LogP contribution < -0.4 is 5.32 Å². The number of nitrogens with one attached hydrogen (secondary N) is 1. The van der Waals surface area contributed by atoms with Crippen molar-refractivity contribution in [3.05, 3.63) is 65.7 Å². The van der Waals surface area contributed by atoms with E-state index in [0.29, 0.717) is 25.4 Å². The molecule has 0 bridgehead atoms. The highest BCUT2D eigenvalue weighted by atomic mass is 16.5. The SMILES string of the molecule is O=C(O)c1ccc(NC(=O)N2CCOCC2c2ccccc2)cc1. The summed E-state index contributed by atoms with van der Waals surface area (Å²) in [5.74, 6) is -0.995. The van der Waals surface area contributed by atoms with E-state index in [9.17, 15) is 9.59 Å². The molecular weight excluding hydrogens is 308 g/mol. The van der Waals surface area contributed by atoms with Crippen LogP contribution in [-0.2, 0) is 4.74 Å². The number of ether oxygens (including phenoxy) is 1. The zero-order valence-electron chi connectivity index (χ0n) is 13.0. The van der Waals surface area contributed by atoms with Gasteiger partial charge in [0.05, 0.1) is 24.8 Å². The molecule has 6 nitrogen and oxygen atoms in total. The van der Waals surface area contributed by atoms with Crippen LogP contribution >= 0.6 is 0 Å². The van der Waals surface area contributed by atoms with Crippen LogP contribution in [0.4, 0.5) is 10.5 Å². The van der Waals surface area contributed by atoms with Crippen LogP contribution in [-0.4, -0.2) is 41.8 Å². The molecule has 0 saturated carbocycles. The third kappa shape index (κ3) is 3.55. The van der Waals surface area contributed by atoms with E-state index in [4.69, 9.17) is 9.84 Å². The van der Waals surface area contributed by atoms with Gasteiger partial charge in [0.15, 0.2) is 0 Å². The van der Waals surface area contributed by atoms with E-state index in [-0.39, 0.29) is 17.6 Å². The lowest BCUT2D eigenvalue weighted by atomic mass is 10.1. The van der Waals surface area contributed by atoms with Gasteiger partial charge in [-0.2, -0.15) is 0 Å². The van der Waals surface area contributed by atoms with Gasteiger partial charge in [0.1, 0.15) is 0 Å². The molecule has 1 heterocycles. The second-order valence-electron chi connectivity index (χ2n) is 5.51. The predicted molar refractivity (Wildman–Crippen MR) is 89.1 cm³/mol. The molecule has 2 amide bonds. The number of carboxylic acids is 1. The van der Waals surface area contributed by atoms with Gasteiger partial charge < -0.3 is 20.1 Å². The third-order valence-corrected chi connectivity index (χ3v) is 3.96. The summed E-state index contributed by atoms with van der Waals surface area (Å²) in [7, 11) is 0. The molecule has 1 unspecified atom stereocenters. The minimum absolute atomic E-state index is 0.141. The second kappa shape index (κ2) is 7.14. The monoisotopic (exact) mass is 326 g/mol. The highest BCUT2D eigenvalue weighted by Crippen LogP contribution is 2.25. The van der Waals surface area contributed by atoms with Crippen LogP contribution in [0.1, 0.15) is 22.0 Å². The number of carbonyl (C=O) groups excluding carboxylic acids is 1. The third-order valence-electron chi connectivity index (χ3n) is 3.96. The van der Waals surface area contributed by atoms with Gasteiger partial charge in [0.2, 0.25) is 0 Å². The van der Waals surface area contributed by atoms with Crippen LogP contribution in [0.3, 0.4) is 0 Å². The van der Waals surface area contributed by atoms with Gasteiger partial charge in [-0.3, -0.25) is 0 Å². The zero-order valence-corrected chi connectivity index (χ0v) is 13.0. The first-order valence-electron chi connectivity index (χ1n) is 7.69. The molecular formula is C18H18N2O4. The first kappa shape index (κ1) is 16.0. The average molecular weight is 326 g/mol. The van der Waals surface area contributed by atoms with Crippen molar-refractivity contribution in [1.82, 2.24) is 4.90 Å². The lowest BCUT2D eigenvalue weighted by Gasteiger charge is -2.35. The first-order chi connectivity index (χ1) is 11.6. The molecule has 1 atom stereocenters. The molecule has 24 heavy (non-hydrogen) atoms. The van der Waals surface area contributed by atoms with Gasteiger partial charge >= 0.3 is 12.0 Å². The van der Waals surface area contributed by atoms with E-state index in [1.807, 2.05) is 30.3 Å². The van der Waals surface area contributed by atoms with Crippen molar-refractivity contribution in [3.63, 3.8) is 0 Å². The Morgan fingerprint density at radius 3 is 2.46 bits per heavy atom. The first-order valence-corrected chi connectivity index (χ1v) is 7.69. The van der Waals surface area contributed by atoms with Crippen molar-refractivity contribution >= 4 is 17.7 Å². The molecule has 0 aromatic heterocycles. The summed E-state index contributed by atoms with van der Waals surface area (Å²) in [6.07, 6.45) is 0. The fourth-order valence-electron chi connectivity index (χ4n) is 2.69. The number of nitrogens with zero attached hydrogens (tertiary/aromatic N) is 1. The number of morpholine rings is 1. The summed E-state index contributed by atoms with van der Waals surface area (Å²) < 4.78 is 5.52. The number of carbonyl (C=O) groups is 2. The van der Waals surface area contributed by atoms with Gasteiger partial charge in [0.25, 0.3) is 0 Å². The van der Waals surface area contributed by atoms with Gasteiger partial charge in [-0.15, -0.1) is 0 Å². The highest BCUT2D eigenvalue weighted by Gasteiger charge is 2.28. The number of hydrogen-bond acceptors (Lipinski definition) is 3. The van der Waals surface area contributed by atoms with Crippen molar-refractivity contribution in [3.8, 4) is 0 Å². The Labute approximate surface area is 139 Å². The van der Waals surface area contributed by atoms with Crippen molar-refractivity contribution in [2.75, 3.05) is 25.1 Å². The van der Waals surface area contributed by atoms with E-state index in [1.165, 1.54) is 12.1 Å². The van der Waals surface area contributed by atoms with Gasteiger partial charge in [-0.05, 0) is 29.8 Å². The average Bonchev–Trinajstić information content (AvgIpc) is 2.63. The number of rotatable bonds is 3. The van der Waals surface area contributed by atoms with Crippen molar-refractivity contribution in [2.24, 2.45) is 0 Å². The summed E-state index contributed by atoms with van der Waals surface area (Å²) in [5, 5.41) is 11.7. The van der Waals surface area contributed by atoms with E-state index >= 15 is 0 Å². The number of aromatic carboxylic acids is 1. The standard InChI is InChI=1S/C18H18N2O4/c21-17(22)14-6-8-15(9-7-14)19-18(23)20-10-11-24-12-16(20)13-4-2-1-3-5-13/h1-9,16H,10-12H2,(H,19,23)(H,21,22). The molecule has 1 aliphatic heterocycles. The fraction of sp³-hybridized carbons (Fsp3) is 0.222. The maximum Gasteiger partial charge on any atom is 0.335 e. The minimum atomic E-state index is -0.995. The normalized spacial score (nSPS) is 17.3. The number of urea groups is 1. The lowest BCUT2D eigenvalue weighted by molar-refractivity contribution is 0.0148. The van der Waals surface area contributed by atoms with Crippen LogP contribution in [0.5, 0.6) is 0 Å². The number of hydrogen-bond donors (Lipinski definition) is 2. The molecule has 2 aromatic rings. The zero-order chi connectivity index (χ0) is 16.9. The Balaban J connectivity index is 1.73. The number of carboxylic acid groups (broad SMARTS) is 1. The number of anilines is 1. The Morgan fingerprint density at radius 2 is 1.79 bits per heavy atom. The molecule has 3 rings (SSSR count). The summed E-state index contributed by atoms with van der Waals surface area (Å²) in [5.41, 5.74) is 1.76. The van der Waals surface area contributed by atoms with Gasteiger partial charge in [-0.25, -0.2) is 9.59 Å². The van der Waals surface area contributed by atoms with Crippen LogP contribution in [0.15, 0.2) is 54.6 Å². The van der Waals surface area contributed by atoms with E-state index < -0.39 is 5.97 Å². The summed E-state index contributed by atoms with van der Waals surface area (Å²) in [6.45, 7) is 1.45. The van der Waals surface area contributed by atoms with Crippen molar-refractivity contribution < 1.29 is 19.4 Å². The Morgan fingerprint density at radius 1 is 1.08 bits per heavy atom. The Bertz CT molecular complexity index is 716. The molecule has 0 spiro atoms. The molecule has 2 N–H and O–H groups in total. The number of benzene rings is 2. The summed E-state index contributed by atoms with van der Waals surface area (Å²) in [6, 6.07) is 15.5. The van der Waals surface area contributed by atoms with E-state index in [1.54, 1.807) is 17.0 Å². The Hall–Kier alpha value is -2.86. The topological polar surface area (TPSA) is 78.9 Å². The largest absolute Gasteiger partial charge is 0.478 e. The lowest BCUT2D eigenvalue weighted by Crippen LogP contribution is -2.45. The highest BCUT2D eigenvalue weighted by molar-refractivity contribution is 5.91. The smallest absolute Gasteiger partial charge is 0.335 e. The quantitative estimate of drug-likeness (QED) is 0.909. The molecule has 6 heteroatoms. The molecule has 124 valence electrons. The molecule has 1 saturated heterocycles. The summed E-state index contributed by atoms with van der Waals surface area (Å²) >= 11 is 0. The molecule has 0 radical (unpaired) electrons. The number of amides is 2. The van der Waals surface area contributed by atoms with E-state index in [0.717, 1.165) is 5.56 Å². The van der Waals surface area contributed by atoms with Crippen molar-refractivity contribution in [2.45, 2.75) is 6.04 Å².